The van der Waals surface area contributed by atoms with Crippen LogP contribution in [0, 0.1) is 26.6 Å². The number of hydrogen-bond donors (Lipinski definition) is 1. The minimum Gasteiger partial charge on any atom is -0.473 e. The molecule has 3 aromatic rings. The zero-order chi connectivity index (χ0) is 19.7. The number of carbonyl (C=O) groups is 1. The number of ether oxygens (including phenoxy) is 1. The van der Waals surface area contributed by atoms with Gasteiger partial charge in [0.05, 0.1) is 17.1 Å². The number of fused-ring (bicyclic) bond motifs is 1. The predicted molar refractivity (Wildman–Crippen MR) is 104 cm³/mol. The van der Waals surface area contributed by atoms with E-state index in [1.54, 1.807) is 13.0 Å². The summed E-state index contributed by atoms with van der Waals surface area (Å²) in [6, 6.07) is 8.04. The summed E-state index contributed by atoms with van der Waals surface area (Å²) in [7, 11) is 0. The van der Waals surface area contributed by atoms with E-state index >= 15 is 0 Å². The van der Waals surface area contributed by atoms with Gasteiger partial charge in [0.1, 0.15) is 5.82 Å². The topological polar surface area (TPSA) is 64.1 Å². The minimum absolute atomic E-state index is 0.0723. The molecule has 1 heterocycles. The van der Waals surface area contributed by atoms with Crippen molar-refractivity contribution in [3.63, 3.8) is 0 Å². The van der Waals surface area contributed by atoms with Gasteiger partial charge in [-0.05, 0) is 75.6 Å². The van der Waals surface area contributed by atoms with Crippen LogP contribution in [0.5, 0.6) is 5.88 Å². The van der Waals surface area contributed by atoms with E-state index in [2.05, 4.69) is 15.3 Å². The normalized spacial score (nSPS) is 11.1. The van der Waals surface area contributed by atoms with Crippen LogP contribution >= 0.6 is 0 Å². The molecule has 0 saturated carbocycles. The molecule has 0 aliphatic carbocycles. The summed E-state index contributed by atoms with van der Waals surface area (Å²) in [5.74, 6) is -0.760. The van der Waals surface area contributed by atoms with Gasteiger partial charge in [0, 0.05) is 5.69 Å². The Kier molecular flexibility index (Phi) is 5.08. The van der Waals surface area contributed by atoms with Crippen molar-refractivity contribution in [3.05, 3.63) is 58.5 Å². The quantitative estimate of drug-likeness (QED) is 0.724. The van der Waals surface area contributed by atoms with Gasteiger partial charge in [0.15, 0.2) is 5.69 Å². The maximum Gasteiger partial charge on any atom is 0.279 e. The van der Waals surface area contributed by atoms with Crippen LogP contribution < -0.4 is 10.1 Å². The molecule has 1 amide bonds. The van der Waals surface area contributed by atoms with E-state index in [4.69, 9.17) is 4.74 Å². The largest absolute Gasteiger partial charge is 0.473 e. The molecule has 0 aliphatic rings. The molecular weight excluding hydrogens is 345 g/mol. The lowest BCUT2D eigenvalue weighted by Gasteiger charge is -2.15. The first-order valence-electron chi connectivity index (χ1n) is 8.77. The molecule has 0 saturated heterocycles. The Morgan fingerprint density at radius 3 is 2.26 bits per heavy atom. The third kappa shape index (κ3) is 4.05. The SMILES string of the molecule is Cc1cc2nc(OC(C)C)c(C(=O)Nc3cc(F)ccc3C)nc2cc1C. The first kappa shape index (κ1) is 18.8. The van der Waals surface area contributed by atoms with E-state index in [1.165, 1.54) is 12.1 Å². The van der Waals surface area contributed by atoms with Gasteiger partial charge in [0.25, 0.3) is 5.91 Å². The van der Waals surface area contributed by atoms with E-state index in [1.807, 2.05) is 39.8 Å². The van der Waals surface area contributed by atoms with Gasteiger partial charge in [-0.1, -0.05) is 6.07 Å². The molecule has 0 fully saturated rings. The van der Waals surface area contributed by atoms with Gasteiger partial charge >= 0.3 is 0 Å². The van der Waals surface area contributed by atoms with Crippen molar-refractivity contribution >= 4 is 22.6 Å². The Labute approximate surface area is 157 Å². The van der Waals surface area contributed by atoms with Gasteiger partial charge in [-0.15, -0.1) is 0 Å². The van der Waals surface area contributed by atoms with Gasteiger partial charge in [-0.25, -0.2) is 14.4 Å². The van der Waals surface area contributed by atoms with Crippen molar-refractivity contribution in [3.8, 4) is 5.88 Å². The van der Waals surface area contributed by atoms with Gasteiger partial charge < -0.3 is 10.1 Å². The second-order valence-electron chi connectivity index (χ2n) is 6.88. The molecule has 27 heavy (non-hydrogen) atoms. The van der Waals surface area contributed by atoms with E-state index in [9.17, 15) is 9.18 Å². The van der Waals surface area contributed by atoms with E-state index in [-0.39, 0.29) is 17.7 Å². The van der Waals surface area contributed by atoms with Crippen LogP contribution in [-0.2, 0) is 0 Å². The number of nitrogens with zero attached hydrogens (tertiary/aromatic N) is 2. The molecule has 3 rings (SSSR count). The zero-order valence-corrected chi connectivity index (χ0v) is 16.1. The number of amides is 1. The highest BCUT2D eigenvalue weighted by Crippen LogP contribution is 2.24. The van der Waals surface area contributed by atoms with Crippen LogP contribution in [0.25, 0.3) is 11.0 Å². The maximum atomic E-state index is 13.5. The lowest BCUT2D eigenvalue weighted by molar-refractivity contribution is 0.101. The molecule has 2 aromatic carbocycles. The van der Waals surface area contributed by atoms with Crippen LogP contribution in [0.1, 0.15) is 41.0 Å². The molecule has 1 aromatic heterocycles. The van der Waals surface area contributed by atoms with Crippen molar-refractivity contribution in [1.29, 1.82) is 0 Å². The summed E-state index contributed by atoms with van der Waals surface area (Å²) in [4.78, 5) is 21.8. The van der Waals surface area contributed by atoms with Crippen LogP contribution in [0.2, 0.25) is 0 Å². The fourth-order valence-electron chi connectivity index (χ4n) is 2.66. The zero-order valence-electron chi connectivity index (χ0n) is 16.1. The van der Waals surface area contributed by atoms with E-state index in [0.29, 0.717) is 16.7 Å². The highest BCUT2D eigenvalue weighted by Gasteiger charge is 2.20. The number of carbonyl (C=O) groups excluding carboxylic acids is 1. The lowest BCUT2D eigenvalue weighted by Crippen LogP contribution is -2.19. The Bertz CT molecular complexity index is 1030. The molecule has 0 aliphatic heterocycles. The van der Waals surface area contributed by atoms with Gasteiger partial charge in [0.2, 0.25) is 5.88 Å². The number of aromatic nitrogens is 2. The second-order valence-corrected chi connectivity index (χ2v) is 6.88. The fraction of sp³-hybridized carbons (Fsp3) is 0.286. The molecule has 1 N–H and O–H groups in total. The third-order valence-electron chi connectivity index (χ3n) is 4.26. The highest BCUT2D eigenvalue weighted by molar-refractivity contribution is 6.05. The summed E-state index contributed by atoms with van der Waals surface area (Å²) in [5.41, 5.74) is 4.61. The number of benzene rings is 2. The van der Waals surface area contributed by atoms with Gasteiger partial charge in [-0.3, -0.25) is 4.79 Å². The molecule has 6 heteroatoms. The molecular formula is C21H22FN3O2. The van der Waals surface area contributed by atoms with Crippen molar-refractivity contribution in [1.82, 2.24) is 9.97 Å². The summed E-state index contributed by atoms with van der Waals surface area (Å²) in [6.07, 6.45) is -0.175. The second kappa shape index (κ2) is 7.31. The minimum atomic E-state index is -0.494. The van der Waals surface area contributed by atoms with Crippen molar-refractivity contribution < 1.29 is 13.9 Å². The first-order valence-corrected chi connectivity index (χ1v) is 8.77. The molecule has 0 unspecified atom stereocenters. The van der Waals surface area contributed by atoms with E-state index in [0.717, 1.165) is 16.7 Å². The van der Waals surface area contributed by atoms with Gasteiger partial charge in [-0.2, -0.15) is 0 Å². The molecule has 5 nitrogen and oxygen atoms in total. The fourth-order valence-corrected chi connectivity index (χ4v) is 2.66. The Morgan fingerprint density at radius 2 is 1.63 bits per heavy atom. The Balaban J connectivity index is 2.08. The van der Waals surface area contributed by atoms with Crippen LogP contribution in [0.4, 0.5) is 10.1 Å². The van der Waals surface area contributed by atoms with Crippen molar-refractivity contribution in [2.24, 2.45) is 0 Å². The van der Waals surface area contributed by atoms with Crippen LogP contribution in [0.15, 0.2) is 30.3 Å². The summed E-state index contributed by atoms with van der Waals surface area (Å²) in [6.45, 7) is 9.46. The first-order chi connectivity index (χ1) is 12.7. The average molecular weight is 367 g/mol. The smallest absolute Gasteiger partial charge is 0.279 e. The number of halogens is 1. The number of aryl methyl sites for hydroxylation is 3. The van der Waals surface area contributed by atoms with Crippen molar-refractivity contribution in [2.45, 2.75) is 40.7 Å². The molecule has 140 valence electrons. The average Bonchev–Trinajstić information content (AvgIpc) is 2.58. The Morgan fingerprint density at radius 1 is 1.00 bits per heavy atom. The number of rotatable bonds is 4. The number of anilines is 1. The summed E-state index contributed by atoms with van der Waals surface area (Å²) in [5, 5.41) is 2.71. The predicted octanol–water partition coefficient (Wildman–Crippen LogP) is 4.73. The van der Waals surface area contributed by atoms with Crippen LogP contribution in [0.3, 0.4) is 0 Å². The standard InChI is InChI=1S/C21H22FN3O2/c1-11(2)27-21-19(20(26)24-16-10-15(22)7-6-12(16)3)23-17-8-13(4)14(5)9-18(17)25-21/h6-11H,1-5H3,(H,24,26). The summed E-state index contributed by atoms with van der Waals surface area (Å²) >= 11 is 0. The molecule has 0 bridgehead atoms. The molecule has 0 atom stereocenters. The van der Waals surface area contributed by atoms with Crippen molar-refractivity contribution in [2.75, 3.05) is 5.32 Å². The number of nitrogens with one attached hydrogen (secondary N) is 1. The van der Waals surface area contributed by atoms with E-state index < -0.39 is 11.7 Å². The number of hydrogen-bond acceptors (Lipinski definition) is 4. The Hall–Kier alpha value is -3.02. The molecule has 0 radical (unpaired) electrons. The molecule has 0 spiro atoms. The maximum absolute atomic E-state index is 13.5. The monoisotopic (exact) mass is 367 g/mol. The van der Waals surface area contributed by atoms with Crippen LogP contribution in [-0.4, -0.2) is 22.0 Å². The summed E-state index contributed by atoms with van der Waals surface area (Å²) < 4.78 is 19.3. The third-order valence-corrected chi connectivity index (χ3v) is 4.26. The highest BCUT2D eigenvalue weighted by atomic mass is 19.1. The lowest BCUT2D eigenvalue weighted by atomic mass is 10.1.